The van der Waals surface area contributed by atoms with Crippen LogP contribution in [0.15, 0.2) is 22.7 Å². The van der Waals surface area contributed by atoms with E-state index in [2.05, 4.69) is 21.2 Å². The first-order valence-corrected chi connectivity index (χ1v) is 8.35. The molecule has 0 saturated heterocycles. The van der Waals surface area contributed by atoms with Gasteiger partial charge in [-0.1, -0.05) is 48.0 Å². The molecule has 0 radical (unpaired) electrons. The van der Waals surface area contributed by atoms with Crippen LogP contribution in [0.2, 0.25) is 0 Å². The van der Waals surface area contributed by atoms with Gasteiger partial charge >= 0.3 is 5.97 Å². The summed E-state index contributed by atoms with van der Waals surface area (Å²) in [7, 11) is 0. The second kappa shape index (κ2) is 7.63. The highest BCUT2D eigenvalue weighted by Gasteiger charge is 2.26. The molecular weight excluding hydrogens is 348 g/mol. The summed E-state index contributed by atoms with van der Waals surface area (Å²) in [5.74, 6) is -1.07. The highest BCUT2D eigenvalue weighted by molar-refractivity contribution is 9.10. The minimum Gasteiger partial charge on any atom is -0.480 e. The molecule has 5 nitrogen and oxygen atoms in total. The van der Waals surface area contributed by atoms with Gasteiger partial charge in [-0.25, -0.2) is 4.79 Å². The summed E-state index contributed by atoms with van der Waals surface area (Å²) in [6.07, 6.45) is 6.06. The van der Waals surface area contributed by atoms with Crippen LogP contribution in [0, 0.1) is 5.92 Å². The lowest BCUT2D eigenvalue weighted by Crippen LogP contribution is -2.42. The van der Waals surface area contributed by atoms with Gasteiger partial charge in [0, 0.05) is 10.2 Å². The smallest absolute Gasteiger partial charge is 0.326 e. The van der Waals surface area contributed by atoms with Gasteiger partial charge in [-0.3, -0.25) is 4.79 Å². The van der Waals surface area contributed by atoms with Crippen molar-refractivity contribution < 1.29 is 14.7 Å². The summed E-state index contributed by atoms with van der Waals surface area (Å²) in [5, 5.41) is 12.0. The second-order valence-corrected chi connectivity index (χ2v) is 6.75. The number of carbonyl (C=O) groups excluding carboxylic acids is 1. The van der Waals surface area contributed by atoms with Crippen molar-refractivity contribution in [3.63, 3.8) is 0 Å². The number of amides is 1. The Morgan fingerprint density at radius 3 is 2.64 bits per heavy atom. The number of rotatable bonds is 5. The minimum absolute atomic E-state index is 0.296. The van der Waals surface area contributed by atoms with Gasteiger partial charge in [0.15, 0.2) is 0 Å². The van der Waals surface area contributed by atoms with Crippen LogP contribution in [0.5, 0.6) is 0 Å². The van der Waals surface area contributed by atoms with Crippen LogP contribution in [0.3, 0.4) is 0 Å². The zero-order valence-corrected chi connectivity index (χ0v) is 13.9. The number of nitrogen functional groups attached to an aromatic ring is 1. The maximum Gasteiger partial charge on any atom is 0.326 e. The summed E-state index contributed by atoms with van der Waals surface area (Å²) < 4.78 is 0.728. The van der Waals surface area contributed by atoms with E-state index in [0.29, 0.717) is 23.6 Å². The Hall–Kier alpha value is -1.56. The fourth-order valence-corrected chi connectivity index (χ4v) is 3.30. The number of hydrogen-bond acceptors (Lipinski definition) is 3. The Morgan fingerprint density at radius 2 is 2.00 bits per heavy atom. The second-order valence-electron chi connectivity index (χ2n) is 5.84. The van der Waals surface area contributed by atoms with Crippen LogP contribution < -0.4 is 11.1 Å². The number of benzene rings is 1. The van der Waals surface area contributed by atoms with Crippen molar-refractivity contribution in [1.29, 1.82) is 0 Å². The van der Waals surface area contributed by atoms with Crippen molar-refractivity contribution in [2.75, 3.05) is 5.73 Å². The Labute approximate surface area is 138 Å². The Morgan fingerprint density at radius 1 is 1.32 bits per heavy atom. The third-order valence-corrected chi connectivity index (χ3v) is 4.65. The molecule has 1 aliphatic rings. The summed E-state index contributed by atoms with van der Waals surface area (Å²) in [4.78, 5) is 23.7. The number of carboxylic acid groups (broad SMARTS) is 1. The first kappa shape index (κ1) is 16.8. The van der Waals surface area contributed by atoms with E-state index in [1.165, 1.54) is 6.42 Å². The summed E-state index contributed by atoms with van der Waals surface area (Å²) in [6.45, 7) is 0. The first-order chi connectivity index (χ1) is 10.5. The molecule has 0 spiro atoms. The van der Waals surface area contributed by atoms with Crippen molar-refractivity contribution >= 4 is 33.5 Å². The minimum atomic E-state index is -0.993. The van der Waals surface area contributed by atoms with Crippen molar-refractivity contribution in [2.45, 2.75) is 44.6 Å². The number of nitrogens with two attached hydrogens (primary N) is 1. The monoisotopic (exact) mass is 368 g/mol. The maximum atomic E-state index is 12.3. The molecule has 2 rings (SSSR count). The molecular formula is C16H21BrN2O3. The molecule has 0 heterocycles. The maximum absolute atomic E-state index is 12.3. The van der Waals surface area contributed by atoms with E-state index < -0.39 is 17.9 Å². The summed E-state index contributed by atoms with van der Waals surface area (Å²) in [6, 6.07) is 4.09. The van der Waals surface area contributed by atoms with Crippen LogP contribution in [-0.4, -0.2) is 23.0 Å². The number of carboxylic acids is 1. The Kier molecular flexibility index (Phi) is 5.83. The van der Waals surface area contributed by atoms with Gasteiger partial charge < -0.3 is 16.2 Å². The highest BCUT2D eigenvalue weighted by Crippen LogP contribution is 2.27. The molecule has 1 fully saturated rings. The van der Waals surface area contributed by atoms with Gasteiger partial charge in [0.25, 0.3) is 5.91 Å². The average molecular weight is 369 g/mol. The van der Waals surface area contributed by atoms with Gasteiger partial charge in [-0.05, 0) is 30.5 Å². The zero-order chi connectivity index (χ0) is 16.1. The van der Waals surface area contributed by atoms with Crippen molar-refractivity contribution in [3.05, 3.63) is 28.2 Å². The van der Waals surface area contributed by atoms with Gasteiger partial charge in [-0.2, -0.15) is 0 Å². The molecule has 0 unspecified atom stereocenters. The molecule has 6 heteroatoms. The number of carbonyl (C=O) groups is 2. The van der Waals surface area contributed by atoms with Crippen LogP contribution in [-0.2, 0) is 4.79 Å². The number of nitrogens with one attached hydrogen (secondary N) is 1. The van der Waals surface area contributed by atoms with E-state index in [9.17, 15) is 14.7 Å². The molecule has 1 amide bonds. The lowest BCUT2D eigenvalue weighted by Gasteiger charge is -2.25. The third kappa shape index (κ3) is 4.47. The average Bonchev–Trinajstić information content (AvgIpc) is 2.50. The van der Waals surface area contributed by atoms with E-state index in [0.717, 1.165) is 30.2 Å². The molecule has 1 aromatic rings. The van der Waals surface area contributed by atoms with Gasteiger partial charge in [0.1, 0.15) is 6.04 Å². The summed E-state index contributed by atoms with van der Waals surface area (Å²) >= 11 is 3.29. The molecule has 120 valence electrons. The number of hydrogen-bond donors (Lipinski definition) is 3. The molecule has 1 atom stereocenters. The van der Waals surface area contributed by atoms with Gasteiger partial charge in [0.05, 0.1) is 5.56 Å². The molecule has 22 heavy (non-hydrogen) atoms. The third-order valence-electron chi connectivity index (χ3n) is 4.16. The molecule has 4 N–H and O–H groups in total. The SMILES string of the molecule is Nc1ccc(Br)cc1C(=O)N[C@@H](CC1CCCCC1)C(=O)O. The van der Waals surface area contributed by atoms with Crippen LogP contribution in [0.25, 0.3) is 0 Å². The van der Waals surface area contributed by atoms with Crippen molar-refractivity contribution in [2.24, 2.45) is 5.92 Å². The summed E-state index contributed by atoms with van der Waals surface area (Å²) in [5.41, 5.74) is 6.43. The highest BCUT2D eigenvalue weighted by atomic mass is 79.9. The molecule has 0 bridgehead atoms. The van der Waals surface area contributed by atoms with Crippen LogP contribution in [0.1, 0.15) is 48.9 Å². The lowest BCUT2D eigenvalue weighted by molar-refractivity contribution is -0.139. The van der Waals surface area contributed by atoms with Gasteiger partial charge in [-0.15, -0.1) is 0 Å². The lowest BCUT2D eigenvalue weighted by atomic mass is 9.85. The van der Waals surface area contributed by atoms with Crippen molar-refractivity contribution in [1.82, 2.24) is 5.32 Å². The fraction of sp³-hybridized carbons (Fsp3) is 0.500. The van der Waals surface area contributed by atoms with Gasteiger partial charge in [0.2, 0.25) is 0 Å². The first-order valence-electron chi connectivity index (χ1n) is 7.56. The van der Waals surface area contributed by atoms with E-state index in [1.54, 1.807) is 18.2 Å². The van der Waals surface area contributed by atoms with Crippen LogP contribution >= 0.6 is 15.9 Å². The molecule has 0 aliphatic heterocycles. The fourth-order valence-electron chi connectivity index (χ4n) is 2.94. The predicted molar refractivity (Wildman–Crippen MR) is 88.6 cm³/mol. The quantitative estimate of drug-likeness (QED) is 0.695. The number of halogens is 1. The molecule has 1 saturated carbocycles. The Bertz CT molecular complexity index is 556. The normalized spacial score (nSPS) is 17.0. The Balaban J connectivity index is 2.05. The van der Waals surface area contributed by atoms with Crippen LogP contribution in [0.4, 0.5) is 5.69 Å². The van der Waals surface area contributed by atoms with E-state index >= 15 is 0 Å². The standard InChI is InChI=1S/C16H21BrN2O3/c17-11-6-7-13(18)12(9-11)15(20)19-14(16(21)22)8-10-4-2-1-3-5-10/h6-7,9-10,14H,1-5,8,18H2,(H,19,20)(H,21,22)/t14-/m0/s1. The number of aliphatic carboxylic acids is 1. The molecule has 1 aliphatic carbocycles. The van der Waals surface area contributed by atoms with E-state index in [1.807, 2.05) is 0 Å². The van der Waals surface area contributed by atoms with Crippen molar-refractivity contribution in [3.8, 4) is 0 Å². The number of anilines is 1. The zero-order valence-electron chi connectivity index (χ0n) is 12.3. The molecule has 1 aromatic carbocycles. The topological polar surface area (TPSA) is 92.4 Å². The van der Waals surface area contributed by atoms with E-state index in [4.69, 9.17) is 5.73 Å². The predicted octanol–water partition coefficient (Wildman–Crippen LogP) is 3.18. The van der Waals surface area contributed by atoms with E-state index in [-0.39, 0.29) is 0 Å². The largest absolute Gasteiger partial charge is 0.480 e. The molecule has 0 aromatic heterocycles.